The van der Waals surface area contributed by atoms with Crippen LogP contribution in [0.3, 0.4) is 0 Å². The van der Waals surface area contributed by atoms with Crippen molar-refractivity contribution >= 4 is 5.69 Å². The molecule has 0 bridgehead atoms. The second kappa shape index (κ2) is 4.23. The monoisotopic (exact) mass is 204 g/mol. The Bertz CT molecular complexity index is 346. The van der Waals surface area contributed by atoms with Gasteiger partial charge in [-0.15, -0.1) is 0 Å². The number of nitrogens with zero attached hydrogens (tertiary/aromatic N) is 1. The quantitative estimate of drug-likeness (QED) is 0.811. The van der Waals surface area contributed by atoms with Crippen molar-refractivity contribution in [2.24, 2.45) is 0 Å². The summed E-state index contributed by atoms with van der Waals surface area (Å²) < 4.78 is 0. The zero-order valence-corrected chi connectivity index (χ0v) is 9.88. The highest BCUT2D eigenvalue weighted by atomic mass is 15.1. The maximum atomic E-state index is 3.24. The van der Waals surface area contributed by atoms with Gasteiger partial charge in [0.15, 0.2) is 0 Å². The molecular formula is C13H20N2. The molecule has 0 saturated carbocycles. The number of hydrogen-bond acceptors (Lipinski definition) is 2. The van der Waals surface area contributed by atoms with Gasteiger partial charge in [-0.3, -0.25) is 0 Å². The van der Waals surface area contributed by atoms with E-state index in [4.69, 9.17) is 0 Å². The molecule has 0 amide bonds. The summed E-state index contributed by atoms with van der Waals surface area (Å²) in [4.78, 5) is 2.37. The van der Waals surface area contributed by atoms with Crippen LogP contribution >= 0.6 is 0 Å². The van der Waals surface area contributed by atoms with Crippen molar-refractivity contribution in [3.05, 3.63) is 29.3 Å². The van der Waals surface area contributed by atoms with Crippen LogP contribution in [0.5, 0.6) is 0 Å². The maximum absolute atomic E-state index is 3.24. The molecule has 0 aliphatic carbocycles. The second-order valence-corrected chi connectivity index (χ2v) is 4.53. The van der Waals surface area contributed by atoms with Gasteiger partial charge in [0, 0.05) is 25.2 Å². The first-order chi connectivity index (χ1) is 7.22. The molecule has 1 unspecified atom stereocenters. The van der Waals surface area contributed by atoms with Crippen LogP contribution in [0.1, 0.15) is 23.5 Å². The molecule has 1 aromatic carbocycles. The van der Waals surface area contributed by atoms with Gasteiger partial charge in [0.25, 0.3) is 0 Å². The average molecular weight is 204 g/mol. The van der Waals surface area contributed by atoms with Gasteiger partial charge in [0.1, 0.15) is 0 Å². The number of aryl methyl sites for hydroxylation is 1. The van der Waals surface area contributed by atoms with Crippen molar-refractivity contribution in [1.29, 1.82) is 0 Å². The first-order valence-corrected chi connectivity index (χ1v) is 5.68. The van der Waals surface area contributed by atoms with E-state index in [1.165, 1.54) is 29.8 Å². The van der Waals surface area contributed by atoms with Gasteiger partial charge in [0.05, 0.1) is 0 Å². The third-order valence-electron chi connectivity index (χ3n) is 3.27. The zero-order chi connectivity index (χ0) is 10.8. The summed E-state index contributed by atoms with van der Waals surface area (Å²) in [5.74, 6) is 0.706. The Labute approximate surface area is 92.3 Å². The van der Waals surface area contributed by atoms with Gasteiger partial charge >= 0.3 is 0 Å². The van der Waals surface area contributed by atoms with E-state index in [9.17, 15) is 0 Å². The summed E-state index contributed by atoms with van der Waals surface area (Å²) in [6, 6.07) is 6.80. The Morgan fingerprint density at radius 1 is 1.47 bits per heavy atom. The van der Waals surface area contributed by atoms with E-state index >= 15 is 0 Å². The fourth-order valence-electron chi connectivity index (χ4n) is 2.44. The molecule has 1 atom stereocenters. The molecule has 1 aliphatic rings. The Morgan fingerprint density at radius 2 is 2.27 bits per heavy atom. The van der Waals surface area contributed by atoms with Gasteiger partial charge in [-0.1, -0.05) is 17.7 Å². The smallest absolute Gasteiger partial charge is 0.0400 e. The van der Waals surface area contributed by atoms with Crippen LogP contribution in [0.15, 0.2) is 18.2 Å². The molecule has 0 fully saturated rings. The van der Waals surface area contributed by atoms with Gasteiger partial charge in [-0.05, 0) is 38.6 Å². The largest absolute Gasteiger partial charge is 0.374 e. The molecule has 15 heavy (non-hydrogen) atoms. The molecule has 0 spiro atoms. The minimum atomic E-state index is 0.706. The maximum Gasteiger partial charge on any atom is 0.0400 e. The summed E-state index contributed by atoms with van der Waals surface area (Å²) >= 11 is 0. The lowest BCUT2D eigenvalue weighted by atomic mass is 9.96. The van der Waals surface area contributed by atoms with Crippen LogP contribution in [0, 0.1) is 6.92 Å². The van der Waals surface area contributed by atoms with Crippen molar-refractivity contribution in [1.82, 2.24) is 5.32 Å². The molecule has 2 heteroatoms. The first-order valence-electron chi connectivity index (χ1n) is 5.68. The van der Waals surface area contributed by atoms with Crippen LogP contribution in [0.25, 0.3) is 0 Å². The van der Waals surface area contributed by atoms with Crippen molar-refractivity contribution in [2.45, 2.75) is 19.3 Å². The molecule has 1 heterocycles. The summed E-state index contributed by atoms with van der Waals surface area (Å²) in [6.07, 6.45) is 1.23. The van der Waals surface area contributed by atoms with Crippen LogP contribution in [-0.2, 0) is 0 Å². The summed E-state index contributed by atoms with van der Waals surface area (Å²) in [5.41, 5.74) is 4.33. The SMILES string of the molecule is CNCCC1CN(C)c2ccc(C)cc21. The molecule has 2 nitrogen and oxygen atoms in total. The summed E-state index contributed by atoms with van der Waals surface area (Å²) in [6.45, 7) is 4.44. The number of anilines is 1. The summed E-state index contributed by atoms with van der Waals surface area (Å²) in [5, 5.41) is 3.24. The van der Waals surface area contributed by atoms with E-state index in [0.717, 1.165) is 6.54 Å². The van der Waals surface area contributed by atoms with Crippen molar-refractivity contribution in [3.63, 3.8) is 0 Å². The van der Waals surface area contributed by atoms with E-state index in [1.54, 1.807) is 0 Å². The molecule has 1 aliphatic heterocycles. The highest BCUT2D eigenvalue weighted by molar-refractivity contribution is 5.60. The fraction of sp³-hybridized carbons (Fsp3) is 0.538. The number of fused-ring (bicyclic) bond motifs is 1. The second-order valence-electron chi connectivity index (χ2n) is 4.53. The molecule has 82 valence electrons. The van der Waals surface area contributed by atoms with E-state index in [0.29, 0.717) is 5.92 Å². The van der Waals surface area contributed by atoms with Crippen LogP contribution in [0.4, 0.5) is 5.69 Å². The molecule has 0 aromatic heterocycles. The van der Waals surface area contributed by atoms with Crippen molar-refractivity contribution in [3.8, 4) is 0 Å². The van der Waals surface area contributed by atoms with E-state index in [-0.39, 0.29) is 0 Å². The highest BCUT2D eigenvalue weighted by Gasteiger charge is 2.25. The third kappa shape index (κ3) is 2.00. The van der Waals surface area contributed by atoms with Crippen molar-refractivity contribution < 1.29 is 0 Å². The molecule has 0 radical (unpaired) electrons. The van der Waals surface area contributed by atoms with E-state index in [1.807, 2.05) is 7.05 Å². The highest BCUT2D eigenvalue weighted by Crippen LogP contribution is 2.37. The molecule has 1 aromatic rings. The predicted octanol–water partition coefficient (Wildman–Crippen LogP) is 2.14. The third-order valence-corrected chi connectivity index (χ3v) is 3.27. The number of hydrogen-bond donors (Lipinski definition) is 1. The number of nitrogens with one attached hydrogen (secondary N) is 1. The lowest BCUT2D eigenvalue weighted by Gasteiger charge is -2.12. The summed E-state index contributed by atoms with van der Waals surface area (Å²) in [7, 11) is 4.21. The van der Waals surface area contributed by atoms with Gasteiger partial charge in [0.2, 0.25) is 0 Å². The zero-order valence-electron chi connectivity index (χ0n) is 9.88. The minimum Gasteiger partial charge on any atom is -0.374 e. The molecular weight excluding hydrogens is 184 g/mol. The molecule has 0 saturated heterocycles. The lowest BCUT2D eigenvalue weighted by Crippen LogP contribution is -2.18. The van der Waals surface area contributed by atoms with Gasteiger partial charge in [-0.2, -0.15) is 0 Å². The van der Waals surface area contributed by atoms with Crippen LogP contribution < -0.4 is 10.2 Å². The van der Waals surface area contributed by atoms with E-state index < -0.39 is 0 Å². The molecule has 1 N–H and O–H groups in total. The van der Waals surface area contributed by atoms with E-state index in [2.05, 4.69) is 42.4 Å². The average Bonchev–Trinajstić information content (AvgIpc) is 2.52. The Hall–Kier alpha value is -1.02. The first kappa shape index (κ1) is 10.5. The topological polar surface area (TPSA) is 15.3 Å². The normalized spacial score (nSPS) is 19.4. The fourth-order valence-corrected chi connectivity index (χ4v) is 2.44. The van der Waals surface area contributed by atoms with Gasteiger partial charge < -0.3 is 10.2 Å². The Morgan fingerprint density at radius 3 is 3.00 bits per heavy atom. The number of benzene rings is 1. The van der Waals surface area contributed by atoms with Crippen molar-refractivity contribution in [2.75, 3.05) is 32.1 Å². The lowest BCUT2D eigenvalue weighted by molar-refractivity contribution is 0.618. The van der Waals surface area contributed by atoms with Crippen LogP contribution in [-0.4, -0.2) is 27.2 Å². The number of rotatable bonds is 3. The molecule has 2 rings (SSSR count). The Balaban J connectivity index is 2.23. The Kier molecular flexibility index (Phi) is 2.96. The van der Waals surface area contributed by atoms with Crippen LogP contribution in [0.2, 0.25) is 0 Å². The predicted molar refractivity (Wildman–Crippen MR) is 65.7 cm³/mol. The standard InChI is InChI=1S/C13H20N2/c1-10-4-5-13-12(8-10)11(6-7-14-2)9-15(13)3/h4-5,8,11,14H,6-7,9H2,1-3H3. The number of likely N-dealkylation sites (N-methyl/N-ethyl adjacent to an activating group) is 1. The minimum absolute atomic E-state index is 0.706. The van der Waals surface area contributed by atoms with Gasteiger partial charge in [-0.25, -0.2) is 0 Å².